The van der Waals surface area contributed by atoms with Crippen LogP contribution in [-0.4, -0.2) is 43.1 Å². The summed E-state index contributed by atoms with van der Waals surface area (Å²) in [4.78, 5) is 12.5. The molecule has 1 aromatic carbocycles. The molecule has 0 spiro atoms. The molecule has 1 aromatic heterocycles. The first-order chi connectivity index (χ1) is 13.4. The highest BCUT2D eigenvalue weighted by molar-refractivity contribution is 8.01. The summed E-state index contributed by atoms with van der Waals surface area (Å²) < 4.78 is 26.4. The highest BCUT2D eigenvalue weighted by atomic mass is 32.2. The average molecular weight is 457 g/mol. The average Bonchev–Trinajstić information content (AvgIpc) is 3.03. The monoisotopic (exact) mass is 456 g/mol. The molecule has 0 unspecified atom stereocenters. The molecule has 0 saturated heterocycles. The van der Waals surface area contributed by atoms with Crippen molar-refractivity contribution in [3.8, 4) is 0 Å². The van der Waals surface area contributed by atoms with Crippen LogP contribution >= 0.6 is 23.1 Å². The standard InChI is InChI=1S/C19H28N4O3S3/c1-13(2)12-27-18-22-21-17(28-18)20-16(24)11-23(29(6,25)26)15-9-7-14(8-10-15)19(3,4)5/h7-10,13H,11-12H2,1-6H3,(H,20,21,24). The normalized spacial score (nSPS) is 12.2. The van der Waals surface area contributed by atoms with Crippen molar-refractivity contribution in [3.05, 3.63) is 29.8 Å². The largest absolute Gasteiger partial charge is 0.299 e. The molecule has 0 bridgehead atoms. The highest BCUT2D eigenvalue weighted by Crippen LogP contribution is 2.28. The number of rotatable bonds is 8. The minimum absolute atomic E-state index is 0.0467. The van der Waals surface area contributed by atoms with Gasteiger partial charge in [-0.2, -0.15) is 0 Å². The Morgan fingerprint density at radius 2 is 1.83 bits per heavy atom. The Bertz CT molecular complexity index is 932. The molecule has 1 N–H and O–H groups in total. The number of anilines is 2. The Balaban J connectivity index is 2.10. The van der Waals surface area contributed by atoms with E-state index in [0.717, 1.165) is 26.2 Å². The first-order valence-electron chi connectivity index (χ1n) is 9.20. The molecule has 0 aliphatic heterocycles. The van der Waals surface area contributed by atoms with Crippen LogP contribution in [0.5, 0.6) is 0 Å². The Labute approximate surface area is 181 Å². The van der Waals surface area contributed by atoms with Gasteiger partial charge in [0.05, 0.1) is 11.9 Å². The molecule has 2 aromatic rings. The van der Waals surface area contributed by atoms with Crippen molar-refractivity contribution in [2.75, 3.05) is 28.2 Å². The number of hydrogen-bond donors (Lipinski definition) is 1. The zero-order valence-corrected chi connectivity index (χ0v) is 20.0. The third-order valence-corrected chi connectivity index (χ3v) is 7.44. The quantitative estimate of drug-likeness (QED) is 0.477. The molecular formula is C19H28N4O3S3. The van der Waals surface area contributed by atoms with Crippen LogP contribution in [0.25, 0.3) is 0 Å². The number of sulfonamides is 1. The number of carbonyl (C=O) groups excluding carboxylic acids is 1. The van der Waals surface area contributed by atoms with Crippen LogP contribution in [0.1, 0.15) is 40.2 Å². The van der Waals surface area contributed by atoms with Crippen molar-refractivity contribution in [3.63, 3.8) is 0 Å². The fraction of sp³-hybridized carbons (Fsp3) is 0.526. The van der Waals surface area contributed by atoms with Gasteiger partial charge >= 0.3 is 0 Å². The summed E-state index contributed by atoms with van der Waals surface area (Å²) in [6.45, 7) is 10.1. The molecule has 2 rings (SSSR count). The number of benzene rings is 1. The van der Waals surface area contributed by atoms with E-state index in [1.807, 2.05) is 12.1 Å². The molecular weight excluding hydrogens is 428 g/mol. The number of hydrogen-bond acceptors (Lipinski definition) is 7. The van der Waals surface area contributed by atoms with E-state index in [4.69, 9.17) is 0 Å². The Hall–Kier alpha value is -1.65. The van der Waals surface area contributed by atoms with Crippen molar-refractivity contribution in [2.24, 2.45) is 5.92 Å². The molecule has 0 fully saturated rings. The molecule has 10 heteroatoms. The fourth-order valence-corrected chi connectivity index (χ4v) is 4.97. The van der Waals surface area contributed by atoms with Crippen LogP contribution in [-0.2, 0) is 20.2 Å². The summed E-state index contributed by atoms with van der Waals surface area (Å²) in [6, 6.07) is 7.21. The minimum atomic E-state index is -3.63. The van der Waals surface area contributed by atoms with E-state index in [1.165, 1.54) is 11.3 Å². The maximum absolute atomic E-state index is 12.5. The summed E-state index contributed by atoms with van der Waals surface area (Å²) in [6.07, 6.45) is 1.09. The van der Waals surface area contributed by atoms with Crippen LogP contribution in [0.3, 0.4) is 0 Å². The zero-order chi connectivity index (χ0) is 21.8. The Morgan fingerprint density at radius 3 is 2.34 bits per heavy atom. The lowest BCUT2D eigenvalue weighted by molar-refractivity contribution is -0.114. The number of amides is 1. The predicted molar refractivity (Wildman–Crippen MR) is 121 cm³/mol. The molecule has 7 nitrogen and oxygen atoms in total. The molecule has 160 valence electrons. The molecule has 0 saturated carbocycles. The second-order valence-electron chi connectivity index (χ2n) is 8.19. The molecule has 1 heterocycles. The van der Waals surface area contributed by atoms with E-state index in [0.29, 0.717) is 16.7 Å². The van der Waals surface area contributed by atoms with E-state index >= 15 is 0 Å². The zero-order valence-electron chi connectivity index (χ0n) is 17.6. The van der Waals surface area contributed by atoms with E-state index in [2.05, 4.69) is 50.1 Å². The van der Waals surface area contributed by atoms with Gasteiger partial charge in [0.1, 0.15) is 6.54 Å². The van der Waals surface area contributed by atoms with Crippen molar-refractivity contribution in [1.82, 2.24) is 10.2 Å². The van der Waals surface area contributed by atoms with Crippen molar-refractivity contribution >= 4 is 49.8 Å². The minimum Gasteiger partial charge on any atom is -0.299 e. The second kappa shape index (κ2) is 9.44. The lowest BCUT2D eigenvalue weighted by Crippen LogP contribution is -2.37. The van der Waals surface area contributed by atoms with Crippen molar-refractivity contribution in [1.29, 1.82) is 0 Å². The van der Waals surface area contributed by atoms with Crippen LogP contribution in [0, 0.1) is 5.92 Å². The maximum atomic E-state index is 12.5. The van der Waals surface area contributed by atoms with Gasteiger partial charge in [0.2, 0.25) is 21.1 Å². The highest BCUT2D eigenvalue weighted by Gasteiger charge is 2.22. The first-order valence-corrected chi connectivity index (χ1v) is 12.9. The molecule has 0 radical (unpaired) electrons. The Kier molecular flexibility index (Phi) is 7.69. The Morgan fingerprint density at radius 1 is 1.21 bits per heavy atom. The molecule has 0 aliphatic carbocycles. The topological polar surface area (TPSA) is 92.3 Å². The predicted octanol–water partition coefficient (Wildman–Crippen LogP) is 3.99. The van der Waals surface area contributed by atoms with E-state index in [9.17, 15) is 13.2 Å². The maximum Gasteiger partial charge on any atom is 0.246 e. The summed E-state index contributed by atoms with van der Waals surface area (Å²) >= 11 is 2.86. The smallest absolute Gasteiger partial charge is 0.246 e. The van der Waals surface area contributed by atoms with Gasteiger partial charge in [0.25, 0.3) is 0 Å². The number of carbonyl (C=O) groups is 1. The van der Waals surface area contributed by atoms with Gasteiger partial charge in [0.15, 0.2) is 4.34 Å². The van der Waals surface area contributed by atoms with Gasteiger partial charge < -0.3 is 0 Å². The number of aromatic nitrogens is 2. The van der Waals surface area contributed by atoms with E-state index in [1.54, 1.807) is 23.9 Å². The summed E-state index contributed by atoms with van der Waals surface area (Å²) in [5.41, 5.74) is 1.48. The summed E-state index contributed by atoms with van der Waals surface area (Å²) in [7, 11) is -3.63. The van der Waals surface area contributed by atoms with Gasteiger partial charge in [-0.25, -0.2) is 8.42 Å². The second-order valence-corrected chi connectivity index (χ2v) is 12.3. The van der Waals surface area contributed by atoms with Gasteiger partial charge in [-0.1, -0.05) is 69.9 Å². The summed E-state index contributed by atoms with van der Waals surface area (Å²) in [5, 5.41) is 11.0. The van der Waals surface area contributed by atoms with Gasteiger partial charge in [-0.05, 0) is 29.0 Å². The SMILES string of the molecule is CC(C)CSc1nnc(NC(=O)CN(c2ccc(C(C)(C)C)cc2)S(C)(=O)=O)s1. The van der Waals surface area contributed by atoms with Crippen molar-refractivity contribution in [2.45, 2.75) is 44.4 Å². The molecule has 0 aliphatic rings. The number of nitrogens with one attached hydrogen (secondary N) is 1. The van der Waals surface area contributed by atoms with E-state index < -0.39 is 15.9 Å². The molecule has 1 amide bonds. The third kappa shape index (κ3) is 7.27. The summed E-state index contributed by atoms with van der Waals surface area (Å²) in [5.74, 6) is 0.969. The molecule has 29 heavy (non-hydrogen) atoms. The third-order valence-electron chi connectivity index (χ3n) is 3.90. The fourth-order valence-electron chi connectivity index (χ4n) is 2.37. The number of nitrogens with zero attached hydrogens (tertiary/aromatic N) is 3. The van der Waals surface area contributed by atoms with Crippen LogP contribution in [0.4, 0.5) is 10.8 Å². The first kappa shape index (κ1) is 23.6. The van der Waals surface area contributed by atoms with Gasteiger partial charge in [0, 0.05) is 5.75 Å². The van der Waals surface area contributed by atoms with Gasteiger partial charge in [-0.3, -0.25) is 14.4 Å². The molecule has 0 atom stereocenters. The lowest BCUT2D eigenvalue weighted by Gasteiger charge is -2.24. The lowest BCUT2D eigenvalue weighted by atomic mass is 9.87. The van der Waals surface area contributed by atoms with Crippen LogP contribution in [0.15, 0.2) is 28.6 Å². The number of thioether (sulfide) groups is 1. The van der Waals surface area contributed by atoms with Crippen molar-refractivity contribution < 1.29 is 13.2 Å². The van der Waals surface area contributed by atoms with E-state index in [-0.39, 0.29) is 12.0 Å². The van der Waals surface area contributed by atoms with Crippen LogP contribution in [0.2, 0.25) is 0 Å². The van der Waals surface area contributed by atoms with Gasteiger partial charge in [-0.15, -0.1) is 10.2 Å². The van der Waals surface area contributed by atoms with Crippen LogP contribution < -0.4 is 9.62 Å².